The Labute approximate surface area is 163 Å². The summed E-state index contributed by atoms with van der Waals surface area (Å²) in [6.07, 6.45) is 3.83. The molecule has 5 heteroatoms. The van der Waals surface area contributed by atoms with Gasteiger partial charge < -0.3 is 14.5 Å². The van der Waals surface area contributed by atoms with Crippen LogP contribution in [0.2, 0.25) is 0 Å². The van der Waals surface area contributed by atoms with Gasteiger partial charge in [0.15, 0.2) is 18.0 Å². The highest BCUT2D eigenvalue weighted by Gasteiger charge is 2.17. The molecule has 140 valence electrons. The molecule has 1 N–H and O–H groups in total. The minimum atomic E-state index is -0.233. The van der Waals surface area contributed by atoms with Crippen LogP contribution in [0.5, 0.6) is 5.75 Å². The smallest absolute Gasteiger partial charge is 0.258 e. The molecule has 2 aromatic heterocycles. The van der Waals surface area contributed by atoms with Crippen molar-refractivity contribution < 1.29 is 9.53 Å². The van der Waals surface area contributed by atoms with Crippen LogP contribution in [0.25, 0.3) is 5.65 Å². The first-order valence-corrected chi connectivity index (χ1v) is 9.17. The first-order chi connectivity index (χ1) is 13.7. The molecule has 4 aromatic rings. The predicted octanol–water partition coefficient (Wildman–Crippen LogP) is 3.93. The van der Waals surface area contributed by atoms with Crippen molar-refractivity contribution in [2.75, 3.05) is 6.61 Å². The van der Waals surface area contributed by atoms with Gasteiger partial charge in [-0.25, -0.2) is 4.98 Å². The third-order valence-corrected chi connectivity index (χ3v) is 4.50. The Morgan fingerprint density at radius 1 is 1.00 bits per heavy atom. The van der Waals surface area contributed by atoms with E-state index in [1.807, 2.05) is 96.5 Å². The van der Waals surface area contributed by atoms with E-state index in [9.17, 15) is 4.79 Å². The van der Waals surface area contributed by atoms with Crippen LogP contribution in [0.15, 0.2) is 85.2 Å². The molecular formula is C23H21N3O2. The van der Waals surface area contributed by atoms with E-state index in [2.05, 4.69) is 10.3 Å². The van der Waals surface area contributed by atoms with Crippen molar-refractivity contribution in [3.8, 4) is 5.75 Å². The number of rotatable bonds is 6. The van der Waals surface area contributed by atoms with Crippen LogP contribution >= 0.6 is 0 Å². The molecule has 2 heterocycles. The SMILES string of the molecule is Cc1cn2cccc(OCC(=O)NC(c3ccccc3)c3ccccc3)c2n1. The van der Waals surface area contributed by atoms with Crippen molar-refractivity contribution in [2.45, 2.75) is 13.0 Å². The van der Waals surface area contributed by atoms with Gasteiger partial charge in [0.05, 0.1) is 11.7 Å². The maximum absolute atomic E-state index is 12.7. The molecule has 0 saturated carbocycles. The third kappa shape index (κ3) is 3.88. The summed E-state index contributed by atoms with van der Waals surface area (Å²) in [6, 6.07) is 23.3. The van der Waals surface area contributed by atoms with Gasteiger partial charge in [0.2, 0.25) is 0 Å². The molecular weight excluding hydrogens is 350 g/mol. The van der Waals surface area contributed by atoms with E-state index in [-0.39, 0.29) is 18.6 Å². The number of benzene rings is 2. The standard InChI is InChI=1S/C23H21N3O2/c1-17-15-26-14-8-13-20(23(26)24-17)28-16-21(27)25-22(18-9-4-2-5-10-18)19-11-6-3-7-12-19/h2-15,22H,16H2,1H3,(H,25,27). The Morgan fingerprint density at radius 3 is 2.29 bits per heavy atom. The van der Waals surface area contributed by atoms with Crippen LogP contribution in [0.4, 0.5) is 0 Å². The van der Waals surface area contributed by atoms with Crippen molar-refractivity contribution in [3.63, 3.8) is 0 Å². The van der Waals surface area contributed by atoms with Crippen molar-refractivity contribution in [3.05, 3.63) is 102 Å². The van der Waals surface area contributed by atoms with Gasteiger partial charge in [-0.15, -0.1) is 0 Å². The minimum absolute atomic E-state index is 0.0816. The van der Waals surface area contributed by atoms with Gasteiger partial charge in [-0.05, 0) is 30.2 Å². The molecule has 2 aromatic carbocycles. The van der Waals surface area contributed by atoms with E-state index in [4.69, 9.17) is 4.74 Å². The molecule has 0 aliphatic rings. The Kier molecular flexibility index (Phi) is 5.06. The summed E-state index contributed by atoms with van der Waals surface area (Å²) in [7, 11) is 0. The third-order valence-electron chi connectivity index (χ3n) is 4.50. The van der Waals surface area contributed by atoms with Crippen molar-refractivity contribution in [1.82, 2.24) is 14.7 Å². The number of hydrogen-bond acceptors (Lipinski definition) is 3. The normalized spacial score (nSPS) is 10.9. The van der Waals surface area contributed by atoms with Gasteiger partial charge in [0.1, 0.15) is 0 Å². The van der Waals surface area contributed by atoms with Gasteiger partial charge in [-0.2, -0.15) is 0 Å². The number of ether oxygens (including phenoxy) is 1. The Morgan fingerprint density at radius 2 is 1.64 bits per heavy atom. The van der Waals surface area contributed by atoms with Crippen molar-refractivity contribution >= 4 is 11.6 Å². The van der Waals surface area contributed by atoms with E-state index < -0.39 is 0 Å². The number of carbonyl (C=O) groups is 1. The molecule has 28 heavy (non-hydrogen) atoms. The molecule has 0 atom stereocenters. The van der Waals surface area contributed by atoms with Crippen LogP contribution in [0.1, 0.15) is 22.9 Å². The first-order valence-electron chi connectivity index (χ1n) is 9.17. The lowest BCUT2D eigenvalue weighted by atomic mass is 9.99. The van der Waals surface area contributed by atoms with E-state index in [1.54, 1.807) is 0 Å². The summed E-state index contributed by atoms with van der Waals surface area (Å²) < 4.78 is 7.66. The van der Waals surface area contributed by atoms with E-state index >= 15 is 0 Å². The minimum Gasteiger partial charge on any atom is -0.480 e. The van der Waals surface area contributed by atoms with Gasteiger partial charge in [-0.3, -0.25) is 4.79 Å². The molecule has 0 bridgehead atoms. The maximum Gasteiger partial charge on any atom is 0.258 e. The van der Waals surface area contributed by atoms with Crippen LogP contribution in [0.3, 0.4) is 0 Å². The number of amides is 1. The summed E-state index contributed by atoms with van der Waals surface area (Å²) in [5.41, 5.74) is 3.64. The van der Waals surface area contributed by atoms with Crippen molar-refractivity contribution in [1.29, 1.82) is 0 Å². The average molecular weight is 371 g/mol. The zero-order valence-corrected chi connectivity index (χ0v) is 15.6. The highest BCUT2D eigenvalue weighted by atomic mass is 16.5. The van der Waals surface area contributed by atoms with Gasteiger partial charge >= 0.3 is 0 Å². The fraction of sp³-hybridized carbons (Fsp3) is 0.130. The molecule has 0 saturated heterocycles. The predicted molar refractivity (Wildman–Crippen MR) is 108 cm³/mol. The summed E-state index contributed by atoms with van der Waals surface area (Å²) in [5.74, 6) is 0.393. The first kappa shape index (κ1) is 17.8. The fourth-order valence-electron chi connectivity index (χ4n) is 3.22. The number of carbonyl (C=O) groups excluding carboxylic acids is 1. The van der Waals surface area contributed by atoms with Crippen molar-refractivity contribution in [2.24, 2.45) is 0 Å². The Hall–Kier alpha value is -3.60. The lowest BCUT2D eigenvalue weighted by molar-refractivity contribution is -0.123. The summed E-state index contributed by atoms with van der Waals surface area (Å²) >= 11 is 0. The lowest BCUT2D eigenvalue weighted by Gasteiger charge is -2.20. The highest BCUT2D eigenvalue weighted by molar-refractivity contribution is 5.78. The molecule has 4 rings (SSSR count). The van der Waals surface area contributed by atoms with E-state index in [0.29, 0.717) is 11.4 Å². The number of imidazole rings is 1. The lowest BCUT2D eigenvalue weighted by Crippen LogP contribution is -2.33. The average Bonchev–Trinajstić information content (AvgIpc) is 3.12. The number of nitrogens with zero attached hydrogens (tertiary/aromatic N) is 2. The number of hydrogen-bond donors (Lipinski definition) is 1. The maximum atomic E-state index is 12.7. The van der Waals surface area contributed by atoms with Gasteiger partial charge in [-0.1, -0.05) is 60.7 Å². The van der Waals surface area contributed by atoms with E-state index in [1.165, 1.54) is 0 Å². The fourth-order valence-corrected chi connectivity index (χ4v) is 3.22. The number of pyridine rings is 1. The van der Waals surface area contributed by atoms with Crippen LogP contribution in [0, 0.1) is 6.92 Å². The monoisotopic (exact) mass is 371 g/mol. The molecule has 0 aliphatic carbocycles. The summed E-state index contributed by atoms with van der Waals surface area (Å²) in [5, 5.41) is 3.08. The largest absolute Gasteiger partial charge is 0.480 e. The Bertz CT molecular complexity index is 1040. The molecule has 0 radical (unpaired) electrons. The second-order valence-electron chi connectivity index (χ2n) is 6.60. The highest BCUT2D eigenvalue weighted by Crippen LogP contribution is 2.22. The van der Waals surface area contributed by atoms with Crippen LogP contribution < -0.4 is 10.1 Å². The molecule has 0 aliphatic heterocycles. The van der Waals surface area contributed by atoms with Gasteiger partial charge in [0.25, 0.3) is 5.91 Å². The number of fused-ring (bicyclic) bond motifs is 1. The second-order valence-corrected chi connectivity index (χ2v) is 6.60. The van der Waals surface area contributed by atoms with E-state index in [0.717, 1.165) is 16.8 Å². The topological polar surface area (TPSA) is 55.6 Å². The number of aromatic nitrogens is 2. The zero-order chi connectivity index (χ0) is 19.3. The van der Waals surface area contributed by atoms with Gasteiger partial charge in [0, 0.05) is 12.4 Å². The summed E-state index contributed by atoms with van der Waals surface area (Å²) in [4.78, 5) is 17.1. The zero-order valence-electron chi connectivity index (χ0n) is 15.6. The van der Waals surface area contributed by atoms with Crippen LogP contribution in [-0.2, 0) is 4.79 Å². The molecule has 5 nitrogen and oxygen atoms in total. The number of nitrogens with one attached hydrogen (secondary N) is 1. The number of aryl methyl sites for hydroxylation is 1. The molecule has 0 unspecified atom stereocenters. The molecule has 0 spiro atoms. The van der Waals surface area contributed by atoms with Crippen LogP contribution in [-0.4, -0.2) is 21.9 Å². The molecule has 1 amide bonds. The Balaban J connectivity index is 1.50. The quantitative estimate of drug-likeness (QED) is 0.559. The second kappa shape index (κ2) is 7.96. The summed E-state index contributed by atoms with van der Waals surface area (Å²) in [6.45, 7) is 1.84. The molecule has 0 fully saturated rings.